The molecule has 0 unspecified atom stereocenters. The minimum Gasteiger partial charge on any atom is -0.487 e. The van der Waals surface area contributed by atoms with E-state index < -0.39 is 0 Å². The van der Waals surface area contributed by atoms with E-state index in [1.54, 1.807) is 15.4 Å². The van der Waals surface area contributed by atoms with Gasteiger partial charge in [-0.1, -0.05) is 0 Å². The molecule has 4 heterocycles. The topological polar surface area (TPSA) is 85.9 Å². The molecule has 30 heavy (non-hydrogen) atoms. The predicted octanol–water partition coefficient (Wildman–Crippen LogP) is 1.79. The monoisotopic (exact) mass is 410 g/mol. The second-order valence-electron chi connectivity index (χ2n) is 8.13. The normalized spacial score (nSPS) is 19.9. The van der Waals surface area contributed by atoms with Gasteiger partial charge in [0.05, 0.1) is 18.3 Å². The summed E-state index contributed by atoms with van der Waals surface area (Å²) in [7, 11) is 3.99. The molecule has 158 valence electrons. The molecular formula is C21H26N6O3. The number of morpholine rings is 1. The lowest BCUT2D eigenvalue weighted by atomic mass is 10.1. The van der Waals surface area contributed by atoms with Crippen LogP contribution in [0.5, 0.6) is 5.75 Å². The average molecular weight is 410 g/mol. The van der Waals surface area contributed by atoms with Crippen molar-refractivity contribution in [1.82, 2.24) is 24.3 Å². The number of fused-ring (bicyclic) bond motifs is 1. The molecule has 0 radical (unpaired) electrons. The van der Waals surface area contributed by atoms with E-state index in [0.717, 1.165) is 55.1 Å². The zero-order valence-electron chi connectivity index (χ0n) is 17.2. The number of nitrogens with one attached hydrogen (secondary N) is 1. The lowest BCUT2D eigenvalue weighted by Gasteiger charge is -2.29. The van der Waals surface area contributed by atoms with Gasteiger partial charge in [0.25, 0.3) is 0 Å². The second kappa shape index (κ2) is 7.73. The molecule has 1 amide bonds. The Hall–Kier alpha value is -2.91. The zero-order chi connectivity index (χ0) is 20.7. The highest BCUT2D eigenvalue weighted by molar-refractivity contribution is 5.93. The SMILES string of the molecule is CN1CCO[C@H](COc2cnn(C)c2-c2ccn3nc(NC(=O)C4CC4)cc3c2)C1. The number of rotatable bonds is 6. The summed E-state index contributed by atoms with van der Waals surface area (Å²) in [6.45, 7) is 3.01. The Kier molecular flexibility index (Phi) is 4.92. The number of carbonyl (C=O) groups excluding carboxylic acids is 1. The highest BCUT2D eigenvalue weighted by atomic mass is 16.5. The Morgan fingerprint density at radius 1 is 1.33 bits per heavy atom. The summed E-state index contributed by atoms with van der Waals surface area (Å²) in [5.74, 6) is 1.49. The molecule has 1 aliphatic heterocycles. The van der Waals surface area contributed by atoms with Crippen LogP contribution in [0.4, 0.5) is 5.82 Å². The van der Waals surface area contributed by atoms with Crippen molar-refractivity contribution in [3.8, 4) is 17.0 Å². The van der Waals surface area contributed by atoms with Gasteiger partial charge in [-0.2, -0.15) is 10.2 Å². The molecule has 3 aromatic heterocycles. The number of aromatic nitrogens is 4. The van der Waals surface area contributed by atoms with Gasteiger partial charge in [0.1, 0.15) is 18.4 Å². The first kappa shape index (κ1) is 19.1. The average Bonchev–Trinajstić information content (AvgIpc) is 3.41. The van der Waals surface area contributed by atoms with Crippen molar-refractivity contribution in [3.63, 3.8) is 0 Å². The Morgan fingerprint density at radius 2 is 2.20 bits per heavy atom. The first-order valence-electron chi connectivity index (χ1n) is 10.3. The van der Waals surface area contributed by atoms with E-state index in [0.29, 0.717) is 12.4 Å². The summed E-state index contributed by atoms with van der Waals surface area (Å²) in [5.41, 5.74) is 2.76. The molecule has 0 bridgehead atoms. The summed E-state index contributed by atoms with van der Waals surface area (Å²) < 4.78 is 15.4. The lowest BCUT2D eigenvalue weighted by molar-refractivity contribution is -0.117. The maximum atomic E-state index is 12.0. The van der Waals surface area contributed by atoms with Gasteiger partial charge in [-0.15, -0.1) is 0 Å². The minimum atomic E-state index is 0.0479. The van der Waals surface area contributed by atoms with Crippen LogP contribution in [0, 0.1) is 5.92 Å². The third-order valence-electron chi connectivity index (χ3n) is 5.61. The molecule has 0 spiro atoms. The Labute approximate surface area is 174 Å². The van der Waals surface area contributed by atoms with Crippen LogP contribution >= 0.6 is 0 Å². The molecule has 1 saturated carbocycles. The maximum Gasteiger partial charge on any atom is 0.228 e. The predicted molar refractivity (Wildman–Crippen MR) is 111 cm³/mol. The summed E-state index contributed by atoms with van der Waals surface area (Å²) in [5, 5.41) is 11.7. The summed E-state index contributed by atoms with van der Waals surface area (Å²) in [4.78, 5) is 14.3. The van der Waals surface area contributed by atoms with Gasteiger partial charge < -0.3 is 19.7 Å². The fourth-order valence-corrected chi connectivity index (χ4v) is 3.78. The van der Waals surface area contributed by atoms with E-state index in [1.807, 2.05) is 31.4 Å². The van der Waals surface area contributed by atoms with E-state index in [2.05, 4.69) is 27.5 Å². The first-order valence-corrected chi connectivity index (χ1v) is 10.3. The van der Waals surface area contributed by atoms with Crippen molar-refractivity contribution >= 4 is 17.2 Å². The largest absolute Gasteiger partial charge is 0.487 e. The Morgan fingerprint density at radius 3 is 3.00 bits per heavy atom. The van der Waals surface area contributed by atoms with Crippen LogP contribution in [0.15, 0.2) is 30.6 Å². The number of hydrogen-bond acceptors (Lipinski definition) is 6. The van der Waals surface area contributed by atoms with Crippen LogP contribution in [-0.4, -0.2) is 69.7 Å². The second-order valence-corrected chi connectivity index (χ2v) is 8.13. The van der Waals surface area contributed by atoms with Crippen LogP contribution in [0.3, 0.4) is 0 Å². The number of likely N-dealkylation sites (N-methyl/N-ethyl adjacent to an activating group) is 1. The smallest absolute Gasteiger partial charge is 0.228 e. The van der Waals surface area contributed by atoms with E-state index in [9.17, 15) is 4.79 Å². The molecule has 1 aliphatic carbocycles. The van der Waals surface area contributed by atoms with Crippen molar-refractivity contribution in [2.45, 2.75) is 18.9 Å². The van der Waals surface area contributed by atoms with Crippen molar-refractivity contribution in [2.75, 3.05) is 38.7 Å². The third kappa shape index (κ3) is 3.90. The van der Waals surface area contributed by atoms with Crippen molar-refractivity contribution in [3.05, 3.63) is 30.6 Å². The number of hydrogen-bond donors (Lipinski definition) is 1. The van der Waals surface area contributed by atoms with Gasteiger partial charge in [-0.3, -0.25) is 9.48 Å². The molecule has 9 nitrogen and oxygen atoms in total. The number of carbonyl (C=O) groups is 1. The number of pyridine rings is 1. The number of aryl methyl sites for hydroxylation is 1. The molecule has 1 atom stereocenters. The highest BCUT2D eigenvalue weighted by Gasteiger charge is 2.30. The van der Waals surface area contributed by atoms with E-state index >= 15 is 0 Å². The van der Waals surface area contributed by atoms with E-state index in [4.69, 9.17) is 9.47 Å². The maximum absolute atomic E-state index is 12.0. The van der Waals surface area contributed by atoms with Gasteiger partial charge in [-0.05, 0) is 32.0 Å². The quantitative estimate of drug-likeness (QED) is 0.667. The fraction of sp³-hybridized carbons (Fsp3) is 0.476. The minimum absolute atomic E-state index is 0.0479. The van der Waals surface area contributed by atoms with E-state index in [1.165, 1.54) is 0 Å². The van der Waals surface area contributed by atoms with Gasteiger partial charge in [-0.25, -0.2) is 4.52 Å². The molecule has 1 N–H and O–H groups in total. The lowest BCUT2D eigenvalue weighted by Crippen LogP contribution is -2.42. The van der Waals surface area contributed by atoms with Crippen LogP contribution in [0.25, 0.3) is 16.8 Å². The van der Waals surface area contributed by atoms with Crippen LogP contribution in [0.1, 0.15) is 12.8 Å². The van der Waals surface area contributed by atoms with Gasteiger partial charge >= 0.3 is 0 Å². The molecule has 2 fully saturated rings. The van der Waals surface area contributed by atoms with Crippen molar-refractivity contribution < 1.29 is 14.3 Å². The summed E-state index contributed by atoms with van der Waals surface area (Å²) in [6, 6.07) is 5.88. The number of nitrogens with zero attached hydrogens (tertiary/aromatic N) is 5. The Balaban J connectivity index is 1.35. The van der Waals surface area contributed by atoms with Crippen LogP contribution < -0.4 is 10.1 Å². The fourth-order valence-electron chi connectivity index (χ4n) is 3.78. The number of anilines is 1. The molecule has 0 aromatic carbocycles. The highest BCUT2D eigenvalue weighted by Crippen LogP contribution is 2.32. The molecule has 3 aromatic rings. The van der Waals surface area contributed by atoms with E-state index in [-0.39, 0.29) is 17.9 Å². The molecular weight excluding hydrogens is 384 g/mol. The molecule has 9 heteroatoms. The van der Waals surface area contributed by atoms with Crippen LogP contribution in [0.2, 0.25) is 0 Å². The standard InChI is InChI=1S/C21H26N6O3/c1-25-7-8-29-17(12-25)13-30-18-11-22-26(2)20(18)15-5-6-27-16(9-15)10-19(24-27)23-21(28)14-3-4-14/h5-6,9-11,14,17H,3-4,7-8,12-13H2,1-2H3,(H,23,24,28)/t17-/m0/s1. The Bertz CT molecular complexity index is 1070. The van der Waals surface area contributed by atoms with Crippen molar-refractivity contribution in [1.29, 1.82) is 0 Å². The van der Waals surface area contributed by atoms with Crippen molar-refractivity contribution in [2.24, 2.45) is 13.0 Å². The third-order valence-corrected chi connectivity index (χ3v) is 5.61. The van der Waals surface area contributed by atoms with Gasteiger partial charge in [0.2, 0.25) is 5.91 Å². The number of amides is 1. The molecule has 1 saturated heterocycles. The first-order chi connectivity index (χ1) is 14.6. The number of ether oxygens (including phenoxy) is 2. The summed E-state index contributed by atoms with van der Waals surface area (Å²) in [6.07, 6.45) is 5.60. The zero-order valence-corrected chi connectivity index (χ0v) is 17.2. The molecule has 5 rings (SSSR count). The molecule has 2 aliphatic rings. The van der Waals surface area contributed by atoms with Gasteiger partial charge in [0, 0.05) is 43.9 Å². The van der Waals surface area contributed by atoms with Gasteiger partial charge in [0.15, 0.2) is 11.6 Å². The van der Waals surface area contributed by atoms with Crippen LogP contribution in [-0.2, 0) is 16.6 Å². The summed E-state index contributed by atoms with van der Waals surface area (Å²) >= 11 is 0.